The predicted molar refractivity (Wildman–Crippen MR) is 97.8 cm³/mol. The molecule has 0 bridgehead atoms. The van der Waals surface area contributed by atoms with Crippen molar-refractivity contribution >= 4 is 34.4 Å². The van der Waals surface area contributed by atoms with Crippen molar-refractivity contribution in [2.24, 2.45) is 13.0 Å². The number of nitrogens with one attached hydrogen (secondary N) is 1. The van der Waals surface area contributed by atoms with Crippen LogP contribution in [0.25, 0.3) is 10.9 Å². The van der Waals surface area contributed by atoms with Crippen LogP contribution in [-0.2, 0) is 16.6 Å². The lowest BCUT2D eigenvalue weighted by molar-refractivity contribution is -0.150. The fourth-order valence-electron chi connectivity index (χ4n) is 3.71. The summed E-state index contributed by atoms with van der Waals surface area (Å²) in [4.78, 5) is 25.4. The molecule has 0 aliphatic heterocycles. The van der Waals surface area contributed by atoms with E-state index in [0.29, 0.717) is 29.5 Å². The number of rotatable bonds is 3. The summed E-state index contributed by atoms with van der Waals surface area (Å²) in [6.07, 6.45) is 2.90. The summed E-state index contributed by atoms with van der Waals surface area (Å²) in [5.74, 6) is -0.192. The van der Waals surface area contributed by atoms with E-state index >= 15 is 0 Å². The van der Waals surface area contributed by atoms with Crippen molar-refractivity contribution in [3.05, 3.63) is 35.0 Å². The Morgan fingerprint density at radius 2 is 1.92 bits per heavy atom. The Kier molecular flexibility index (Phi) is 4.78. The molecule has 1 N–H and O–H groups in total. The summed E-state index contributed by atoms with van der Waals surface area (Å²) in [5.41, 5.74) is 0.268. The number of nitrogens with zero attached hydrogens (tertiary/aromatic N) is 1. The maximum atomic E-state index is 13.0. The quantitative estimate of drug-likeness (QED) is 0.847. The minimum absolute atomic E-state index is 0.344. The zero-order chi connectivity index (χ0) is 18.2. The van der Waals surface area contributed by atoms with Gasteiger partial charge in [-0.1, -0.05) is 36.7 Å². The zero-order valence-electron chi connectivity index (χ0n) is 14.8. The molecule has 0 radical (unpaired) electrons. The highest BCUT2D eigenvalue weighted by atomic mass is 35.5. The zero-order valence-corrected chi connectivity index (χ0v) is 15.5. The molecule has 1 heterocycles. The first-order valence-electron chi connectivity index (χ1n) is 8.53. The minimum Gasteiger partial charge on any atom is -0.467 e. The normalized spacial score (nSPS) is 23.4. The van der Waals surface area contributed by atoms with Crippen LogP contribution >= 0.6 is 11.6 Å². The number of esters is 1. The van der Waals surface area contributed by atoms with Crippen LogP contribution < -0.4 is 5.32 Å². The van der Waals surface area contributed by atoms with Crippen molar-refractivity contribution in [1.82, 2.24) is 9.88 Å². The van der Waals surface area contributed by atoms with Gasteiger partial charge in [-0.15, -0.1) is 0 Å². The molecule has 6 heteroatoms. The molecule has 134 valence electrons. The Hall–Kier alpha value is -2.01. The number of aryl methyl sites for hydroxylation is 1. The molecule has 2 aromatic rings. The number of benzene rings is 1. The van der Waals surface area contributed by atoms with Crippen LogP contribution in [0.1, 0.15) is 43.1 Å². The molecule has 0 spiro atoms. The highest BCUT2D eigenvalue weighted by Gasteiger charge is 2.44. The fourth-order valence-corrected chi connectivity index (χ4v) is 4.08. The van der Waals surface area contributed by atoms with Gasteiger partial charge in [-0.05, 0) is 37.7 Å². The first-order valence-corrected chi connectivity index (χ1v) is 8.91. The molecule has 1 aliphatic rings. The maximum Gasteiger partial charge on any atom is 0.331 e. The van der Waals surface area contributed by atoms with Crippen LogP contribution in [0.3, 0.4) is 0 Å². The molecule has 0 saturated heterocycles. The van der Waals surface area contributed by atoms with Gasteiger partial charge in [0.05, 0.1) is 12.1 Å². The summed E-state index contributed by atoms with van der Waals surface area (Å²) >= 11 is 6.46. The Bertz CT molecular complexity index is 780. The summed E-state index contributed by atoms with van der Waals surface area (Å²) < 4.78 is 6.76. The standard InChI is InChI=1S/C19H23ClN2O3/c1-12-8-10-19(11-9-12,18(24)25-3)21-17(23)16-15(20)13-6-4-5-7-14(13)22(16)2/h4-7,12H,8-11H2,1-3H3,(H,21,23). The van der Waals surface area contributed by atoms with E-state index in [1.165, 1.54) is 7.11 Å². The second kappa shape index (κ2) is 6.71. The number of amides is 1. The van der Waals surface area contributed by atoms with Crippen LogP contribution in [0, 0.1) is 5.92 Å². The first-order chi connectivity index (χ1) is 11.9. The van der Waals surface area contributed by atoms with Gasteiger partial charge in [-0.25, -0.2) is 4.79 Å². The average Bonchev–Trinajstić information content (AvgIpc) is 2.88. The Labute approximate surface area is 152 Å². The fraction of sp³-hybridized carbons (Fsp3) is 0.474. The molecule has 3 rings (SSSR count). The molecule has 1 aromatic heterocycles. The van der Waals surface area contributed by atoms with Crippen LogP contribution in [0.15, 0.2) is 24.3 Å². The second-order valence-corrected chi connectivity index (χ2v) is 7.33. The third kappa shape index (κ3) is 3.01. The summed E-state index contributed by atoms with van der Waals surface area (Å²) in [6.45, 7) is 2.16. The van der Waals surface area contributed by atoms with Crippen molar-refractivity contribution < 1.29 is 14.3 Å². The number of halogens is 1. The van der Waals surface area contributed by atoms with Crippen molar-refractivity contribution in [2.75, 3.05) is 7.11 Å². The average molecular weight is 363 g/mol. The van der Waals surface area contributed by atoms with E-state index in [2.05, 4.69) is 12.2 Å². The van der Waals surface area contributed by atoms with Gasteiger partial charge in [0.25, 0.3) is 5.91 Å². The highest BCUT2D eigenvalue weighted by molar-refractivity contribution is 6.38. The topological polar surface area (TPSA) is 60.3 Å². The number of ether oxygens (including phenoxy) is 1. The summed E-state index contributed by atoms with van der Waals surface area (Å²) in [6, 6.07) is 7.58. The predicted octanol–water partition coefficient (Wildman–Crippen LogP) is 3.68. The SMILES string of the molecule is COC(=O)C1(NC(=O)c2c(Cl)c3ccccc3n2C)CCC(C)CC1. The molecule has 5 nitrogen and oxygen atoms in total. The van der Waals surface area contributed by atoms with Gasteiger partial charge < -0.3 is 14.6 Å². The van der Waals surface area contributed by atoms with E-state index in [0.717, 1.165) is 23.7 Å². The molecule has 1 saturated carbocycles. The maximum absolute atomic E-state index is 13.0. The highest BCUT2D eigenvalue weighted by Crippen LogP contribution is 2.35. The molecule has 0 atom stereocenters. The van der Waals surface area contributed by atoms with Crippen LogP contribution in [0.2, 0.25) is 5.02 Å². The smallest absolute Gasteiger partial charge is 0.331 e. The minimum atomic E-state index is -0.974. The number of methoxy groups -OCH3 is 1. The first kappa shape index (κ1) is 17.8. The van der Waals surface area contributed by atoms with Crippen molar-refractivity contribution in [1.29, 1.82) is 0 Å². The second-order valence-electron chi connectivity index (χ2n) is 6.95. The van der Waals surface area contributed by atoms with Gasteiger partial charge in [0.1, 0.15) is 11.2 Å². The van der Waals surface area contributed by atoms with E-state index in [-0.39, 0.29) is 11.9 Å². The molecule has 0 unspecified atom stereocenters. The Morgan fingerprint density at radius 3 is 2.52 bits per heavy atom. The van der Waals surface area contributed by atoms with Gasteiger partial charge in [-0.2, -0.15) is 0 Å². The lowest BCUT2D eigenvalue weighted by Gasteiger charge is -2.37. The Morgan fingerprint density at radius 1 is 1.28 bits per heavy atom. The molecule has 1 aliphatic carbocycles. The number of fused-ring (bicyclic) bond motifs is 1. The van der Waals surface area contributed by atoms with Crippen LogP contribution in [-0.4, -0.2) is 29.1 Å². The lowest BCUT2D eigenvalue weighted by Crippen LogP contribution is -2.57. The monoisotopic (exact) mass is 362 g/mol. The molecule has 25 heavy (non-hydrogen) atoms. The van der Waals surface area contributed by atoms with E-state index in [9.17, 15) is 9.59 Å². The van der Waals surface area contributed by atoms with Gasteiger partial charge in [0, 0.05) is 18.0 Å². The van der Waals surface area contributed by atoms with Crippen LogP contribution in [0.5, 0.6) is 0 Å². The number of carbonyl (C=O) groups excluding carboxylic acids is 2. The van der Waals surface area contributed by atoms with Gasteiger partial charge in [-0.3, -0.25) is 4.79 Å². The van der Waals surface area contributed by atoms with Crippen molar-refractivity contribution in [3.63, 3.8) is 0 Å². The Balaban J connectivity index is 1.96. The van der Waals surface area contributed by atoms with Gasteiger partial charge >= 0.3 is 5.97 Å². The molecule has 1 fully saturated rings. The molecular formula is C19H23ClN2O3. The van der Waals surface area contributed by atoms with Crippen molar-refractivity contribution in [2.45, 2.75) is 38.1 Å². The largest absolute Gasteiger partial charge is 0.467 e. The number of carbonyl (C=O) groups is 2. The van der Waals surface area contributed by atoms with E-state index < -0.39 is 5.54 Å². The number of hydrogen-bond acceptors (Lipinski definition) is 3. The molecule has 1 aromatic carbocycles. The number of aromatic nitrogens is 1. The van der Waals surface area contributed by atoms with Gasteiger partial charge in [0.2, 0.25) is 0 Å². The lowest BCUT2D eigenvalue weighted by atomic mass is 9.77. The molecular weight excluding hydrogens is 340 g/mol. The van der Waals surface area contributed by atoms with Crippen LogP contribution in [0.4, 0.5) is 0 Å². The number of para-hydroxylation sites is 1. The van der Waals surface area contributed by atoms with E-state index in [1.54, 1.807) is 11.6 Å². The number of hydrogen-bond donors (Lipinski definition) is 1. The van der Waals surface area contributed by atoms with Crippen molar-refractivity contribution in [3.8, 4) is 0 Å². The molecule has 1 amide bonds. The summed E-state index contributed by atoms with van der Waals surface area (Å²) in [7, 11) is 3.16. The third-order valence-electron chi connectivity index (χ3n) is 5.32. The van der Waals surface area contributed by atoms with E-state index in [1.807, 2.05) is 24.3 Å². The van der Waals surface area contributed by atoms with Gasteiger partial charge in [0.15, 0.2) is 0 Å². The third-order valence-corrected chi connectivity index (χ3v) is 5.70. The van der Waals surface area contributed by atoms with E-state index in [4.69, 9.17) is 16.3 Å². The summed E-state index contributed by atoms with van der Waals surface area (Å²) in [5, 5.41) is 4.17.